The molecule has 1 aromatic carbocycles. The van der Waals surface area contributed by atoms with E-state index in [1.165, 1.54) is 0 Å². The van der Waals surface area contributed by atoms with Gasteiger partial charge in [-0.2, -0.15) is 5.10 Å². The van der Waals surface area contributed by atoms with Crippen LogP contribution >= 0.6 is 0 Å². The second-order valence-electron chi connectivity index (χ2n) is 7.64. The van der Waals surface area contributed by atoms with E-state index in [1.54, 1.807) is 11.8 Å². The highest BCUT2D eigenvalue weighted by molar-refractivity contribution is 5.88. The Hall–Kier alpha value is -2.38. The summed E-state index contributed by atoms with van der Waals surface area (Å²) in [5, 5.41) is 10.7. The van der Waals surface area contributed by atoms with Gasteiger partial charge in [0.1, 0.15) is 5.82 Å². The Labute approximate surface area is 167 Å². The molecule has 2 heterocycles. The molecule has 28 heavy (non-hydrogen) atoms. The molecule has 0 aliphatic carbocycles. The number of rotatable bonds is 8. The Morgan fingerprint density at radius 1 is 1.32 bits per heavy atom. The minimum Gasteiger partial charge on any atom is -0.383 e. The highest BCUT2D eigenvalue weighted by Crippen LogP contribution is 2.22. The van der Waals surface area contributed by atoms with Crippen LogP contribution in [0.3, 0.4) is 0 Å². The van der Waals surface area contributed by atoms with E-state index in [2.05, 4.69) is 34.5 Å². The molecule has 1 fully saturated rings. The number of hydrogen-bond donors (Lipinski definition) is 2. The van der Waals surface area contributed by atoms with E-state index in [0.29, 0.717) is 18.3 Å². The summed E-state index contributed by atoms with van der Waals surface area (Å²) in [6.07, 6.45) is 1.10. The van der Waals surface area contributed by atoms with Crippen LogP contribution in [0.1, 0.15) is 31.9 Å². The highest BCUT2D eigenvalue weighted by atomic mass is 16.5. The molecule has 1 atom stereocenters. The molecule has 0 saturated carbocycles. The molecule has 0 unspecified atom stereocenters. The van der Waals surface area contributed by atoms with Gasteiger partial charge in [-0.05, 0) is 36.9 Å². The Balaban J connectivity index is 1.58. The quantitative estimate of drug-likeness (QED) is 0.733. The van der Waals surface area contributed by atoms with E-state index in [4.69, 9.17) is 4.74 Å². The average Bonchev–Trinajstić information content (AvgIpc) is 3.32. The van der Waals surface area contributed by atoms with E-state index >= 15 is 0 Å². The van der Waals surface area contributed by atoms with Crippen LogP contribution in [-0.2, 0) is 4.74 Å². The molecular formula is C21H31N5O2. The smallest absolute Gasteiger partial charge is 0.320 e. The van der Waals surface area contributed by atoms with Gasteiger partial charge in [0.15, 0.2) is 0 Å². The fraction of sp³-hybridized carbons (Fsp3) is 0.524. The molecule has 0 bridgehead atoms. The molecule has 152 valence electrons. The first-order chi connectivity index (χ1) is 13.6. The van der Waals surface area contributed by atoms with Gasteiger partial charge >= 0.3 is 6.03 Å². The van der Waals surface area contributed by atoms with Crippen LogP contribution in [0.25, 0.3) is 5.69 Å². The summed E-state index contributed by atoms with van der Waals surface area (Å²) in [6, 6.07) is 11.6. The lowest BCUT2D eigenvalue weighted by Crippen LogP contribution is -2.35. The number of nitrogens with one attached hydrogen (secondary N) is 2. The maximum absolute atomic E-state index is 12.5. The number of amides is 2. The number of ether oxygens (including phenoxy) is 1. The lowest BCUT2D eigenvalue weighted by atomic mass is 10.1. The van der Waals surface area contributed by atoms with Crippen molar-refractivity contribution in [1.82, 2.24) is 20.0 Å². The van der Waals surface area contributed by atoms with Crippen LogP contribution in [0.2, 0.25) is 0 Å². The third kappa shape index (κ3) is 5.33. The number of anilines is 1. The van der Waals surface area contributed by atoms with E-state index in [-0.39, 0.29) is 11.9 Å². The molecule has 3 rings (SSSR count). The second kappa shape index (κ2) is 9.71. The first-order valence-electron chi connectivity index (χ1n) is 9.98. The normalized spacial score (nSPS) is 17.2. The molecule has 2 aromatic rings. The van der Waals surface area contributed by atoms with Crippen molar-refractivity contribution in [2.45, 2.75) is 26.2 Å². The molecule has 0 spiro atoms. The number of para-hydroxylation sites is 1. The molecule has 7 nitrogen and oxygen atoms in total. The highest BCUT2D eigenvalue weighted by Gasteiger charge is 2.22. The van der Waals surface area contributed by atoms with Crippen molar-refractivity contribution >= 4 is 11.8 Å². The second-order valence-corrected chi connectivity index (χ2v) is 7.64. The van der Waals surface area contributed by atoms with Gasteiger partial charge in [-0.15, -0.1) is 0 Å². The third-order valence-corrected chi connectivity index (χ3v) is 5.10. The topological polar surface area (TPSA) is 71.4 Å². The Morgan fingerprint density at radius 3 is 2.82 bits per heavy atom. The average molecular weight is 386 g/mol. The fourth-order valence-corrected chi connectivity index (χ4v) is 3.44. The standard InChI is InChI=1S/C21H31N5O2/c1-16(2)19-13-20(26(24-19)18-7-5-4-6-8-18)23-21(27)22-14-17-9-10-25(15-17)11-12-28-3/h4-8,13,16-17H,9-12,14-15H2,1-3H3,(H2,22,23,27)/t17-/m0/s1. The van der Waals surface area contributed by atoms with E-state index in [1.807, 2.05) is 36.4 Å². The van der Waals surface area contributed by atoms with Gasteiger partial charge < -0.3 is 15.0 Å². The maximum atomic E-state index is 12.5. The van der Waals surface area contributed by atoms with Gasteiger partial charge in [-0.25, -0.2) is 9.48 Å². The molecule has 1 aromatic heterocycles. The maximum Gasteiger partial charge on any atom is 0.320 e. The van der Waals surface area contributed by atoms with Crippen molar-refractivity contribution in [3.05, 3.63) is 42.1 Å². The lowest BCUT2D eigenvalue weighted by Gasteiger charge is -2.16. The molecule has 2 amide bonds. The van der Waals surface area contributed by atoms with Crippen molar-refractivity contribution < 1.29 is 9.53 Å². The Bertz CT molecular complexity index is 759. The number of aromatic nitrogens is 2. The van der Waals surface area contributed by atoms with Crippen LogP contribution in [0, 0.1) is 5.92 Å². The number of nitrogens with zero attached hydrogens (tertiary/aromatic N) is 3. The minimum absolute atomic E-state index is 0.192. The lowest BCUT2D eigenvalue weighted by molar-refractivity contribution is 0.159. The molecular weight excluding hydrogens is 354 g/mol. The van der Waals surface area contributed by atoms with Crippen molar-refractivity contribution in [1.29, 1.82) is 0 Å². The largest absolute Gasteiger partial charge is 0.383 e. The van der Waals surface area contributed by atoms with Gasteiger partial charge in [0, 0.05) is 32.8 Å². The molecule has 1 aliphatic rings. The number of hydrogen-bond acceptors (Lipinski definition) is 4. The summed E-state index contributed by atoms with van der Waals surface area (Å²) < 4.78 is 6.93. The van der Waals surface area contributed by atoms with Crippen molar-refractivity contribution in [2.24, 2.45) is 5.92 Å². The Morgan fingerprint density at radius 2 is 2.11 bits per heavy atom. The van der Waals surface area contributed by atoms with Crippen molar-refractivity contribution in [3.8, 4) is 5.69 Å². The summed E-state index contributed by atoms with van der Waals surface area (Å²) in [4.78, 5) is 14.9. The fourth-order valence-electron chi connectivity index (χ4n) is 3.44. The monoisotopic (exact) mass is 385 g/mol. The van der Waals surface area contributed by atoms with Gasteiger partial charge in [0.05, 0.1) is 18.0 Å². The number of carbonyl (C=O) groups is 1. The summed E-state index contributed by atoms with van der Waals surface area (Å²) in [7, 11) is 1.73. The van der Waals surface area contributed by atoms with Gasteiger partial charge in [-0.3, -0.25) is 5.32 Å². The van der Waals surface area contributed by atoms with Crippen LogP contribution in [0.15, 0.2) is 36.4 Å². The molecule has 2 N–H and O–H groups in total. The zero-order chi connectivity index (χ0) is 19.9. The van der Waals surface area contributed by atoms with Crippen molar-refractivity contribution in [3.63, 3.8) is 0 Å². The molecule has 1 saturated heterocycles. The molecule has 1 aliphatic heterocycles. The van der Waals surface area contributed by atoms with Crippen LogP contribution in [-0.4, -0.2) is 60.6 Å². The van der Waals surface area contributed by atoms with E-state index in [0.717, 1.165) is 44.0 Å². The van der Waals surface area contributed by atoms with Gasteiger partial charge in [0.25, 0.3) is 0 Å². The zero-order valence-corrected chi connectivity index (χ0v) is 17.0. The van der Waals surface area contributed by atoms with Gasteiger partial charge in [-0.1, -0.05) is 32.0 Å². The number of likely N-dealkylation sites (tertiary alicyclic amines) is 1. The number of carbonyl (C=O) groups excluding carboxylic acids is 1. The summed E-state index contributed by atoms with van der Waals surface area (Å²) in [6.45, 7) is 8.63. The third-order valence-electron chi connectivity index (χ3n) is 5.10. The predicted octanol–water partition coefficient (Wildman–Crippen LogP) is 3.09. The van der Waals surface area contributed by atoms with Crippen LogP contribution < -0.4 is 10.6 Å². The SMILES string of the molecule is COCCN1CC[C@@H](CNC(=O)Nc2cc(C(C)C)nn2-c2ccccc2)C1. The van der Waals surface area contributed by atoms with Gasteiger partial charge in [0.2, 0.25) is 0 Å². The summed E-state index contributed by atoms with van der Waals surface area (Å²) in [5.74, 6) is 1.44. The summed E-state index contributed by atoms with van der Waals surface area (Å²) >= 11 is 0. The molecule has 7 heteroatoms. The van der Waals surface area contributed by atoms with Crippen LogP contribution in [0.5, 0.6) is 0 Å². The summed E-state index contributed by atoms with van der Waals surface area (Å²) in [5.41, 5.74) is 1.87. The van der Waals surface area contributed by atoms with E-state index < -0.39 is 0 Å². The van der Waals surface area contributed by atoms with Crippen molar-refractivity contribution in [2.75, 3.05) is 45.2 Å². The number of methoxy groups -OCH3 is 1. The van der Waals surface area contributed by atoms with Crippen LogP contribution in [0.4, 0.5) is 10.6 Å². The Kier molecular flexibility index (Phi) is 7.06. The van der Waals surface area contributed by atoms with E-state index in [9.17, 15) is 4.79 Å². The molecule has 0 radical (unpaired) electrons. The number of urea groups is 1. The first kappa shape index (κ1) is 20.4. The number of benzene rings is 1. The predicted molar refractivity (Wildman–Crippen MR) is 111 cm³/mol. The minimum atomic E-state index is -0.192. The zero-order valence-electron chi connectivity index (χ0n) is 17.0. The first-order valence-corrected chi connectivity index (χ1v) is 9.98.